The number of aromatic amines is 1. The zero-order valence-electron chi connectivity index (χ0n) is 13.5. The zero-order chi connectivity index (χ0) is 16.2. The van der Waals surface area contributed by atoms with E-state index in [4.69, 9.17) is 4.74 Å². The molecule has 1 heterocycles. The SMILES string of the molecule is COc1ccc2[nH]c(C)c(CC[NH2+]Cc3cccc(F)c3)c2c1. The number of hydrogen-bond acceptors (Lipinski definition) is 1. The number of benzene rings is 2. The monoisotopic (exact) mass is 313 g/mol. The second kappa shape index (κ2) is 6.84. The second-order valence-electron chi connectivity index (χ2n) is 5.80. The quantitative estimate of drug-likeness (QED) is 0.675. The maximum Gasteiger partial charge on any atom is 0.123 e. The highest BCUT2D eigenvalue weighted by Gasteiger charge is 2.10. The van der Waals surface area contributed by atoms with E-state index in [0.717, 1.165) is 36.3 Å². The Kier molecular flexibility index (Phi) is 4.63. The molecule has 0 saturated heterocycles. The lowest BCUT2D eigenvalue weighted by molar-refractivity contribution is -0.670. The Hall–Kier alpha value is -2.33. The normalized spacial score (nSPS) is 11.1. The molecular formula is C19H22FN2O+. The molecule has 0 unspecified atom stereocenters. The summed E-state index contributed by atoms with van der Waals surface area (Å²) in [5.41, 5.74) is 4.69. The van der Waals surface area contributed by atoms with Gasteiger partial charge in [0.15, 0.2) is 0 Å². The lowest BCUT2D eigenvalue weighted by Gasteiger charge is -2.04. The van der Waals surface area contributed by atoms with E-state index in [0.29, 0.717) is 0 Å². The van der Waals surface area contributed by atoms with Crippen LogP contribution in [0.25, 0.3) is 10.9 Å². The van der Waals surface area contributed by atoms with Gasteiger partial charge in [-0.1, -0.05) is 12.1 Å². The fourth-order valence-electron chi connectivity index (χ4n) is 2.99. The highest BCUT2D eigenvalue weighted by atomic mass is 19.1. The molecule has 3 aromatic rings. The van der Waals surface area contributed by atoms with E-state index in [1.807, 2.05) is 12.1 Å². The second-order valence-corrected chi connectivity index (χ2v) is 5.80. The van der Waals surface area contributed by atoms with Crippen LogP contribution in [0.4, 0.5) is 4.39 Å². The van der Waals surface area contributed by atoms with Gasteiger partial charge in [0.1, 0.15) is 18.1 Å². The van der Waals surface area contributed by atoms with E-state index in [1.165, 1.54) is 22.7 Å². The molecule has 4 heteroatoms. The van der Waals surface area contributed by atoms with Crippen LogP contribution < -0.4 is 10.1 Å². The molecule has 120 valence electrons. The molecule has 3 nitrogen and oxygen atoms in total. The van der Waals surface area contributed by atoms with Crippen molar-refractivity contribution in [3.05, 3.63) is 65.1 Å². The van der Waals surface area contributed by atoms with Gasteiger partial charge in [-0.05, 0) is 42.8 Å². The van der Waals surface area contributed by atoms with Crippen molar-refractivity contribution in [3.8, 4) is 5.75 Å². The number of quaternary nitrogens is 1. The number of rotatable bonds is 6. The summed E-state index contributed by atoms with van der Waals surface area (Å²) in [6.07, 6.45) is 0.967. The molecule has 3 N–H and O–H groups in total. The first-order valence-corrected chi connectivity index (χ1v) is 7.88. The predicted octanol–water partition coefficient (Wildman–Crippen LogP) is 2.93. The number of ether oxygens (including phenoxy) is 1. The van der Waals surface area contributed by atoms with Gasteiger partial charge in [0.2, 0.25) is 0 Å². The number of nitrogens with two attached hydrogens (primary N) is 1. The number of aryl methyl sites for hydroxylation is 1. The van der Waals surface area contributed by atoms with Crippen LogP contribution in [0, 0.1) is 12.7 Å². The molecule has 0 fully saturated rings. The van der Waals surface area contributed by atoms with E-state index < -0.39 is 0 Å². The predicted molar refractivity (Wildman–Crippen MR) is 90.2 cm³/mol. The number of aromatic nitrogens is 1. The van der Waals surface area contributed by atoms with E-state index in [1.54, 1.807) is 19.2 Å². The van der Waals surface area contributed by atoms with Crippen LogP contribution in [0.2, 0.25) is 0 Å². The van der Waals surface area contributed by atoms with Crippen LogP contribution in [-0.2, 0) is 13.0 Å². The molecule has 3 rings (SSSR count). The molecule has 1 aromatic heterocycles. The van der Waals surface area contributed by atoms with Crippen LogP contribution in [0.3, 0.4) is 0 Å². The maximum atomic E-state index is 13.2. The lowest BCUT2D eigenvalue weighted by atomic mass is 10.1. The first kappa shape index (κ1) is 15.6. The molecular weight excluding hydrogens is 291 g/mol. The number of hydrogen-bond donors (Lipinski definition) is 2. The summed E-state index contributed by atoms with van der Waals surface area (Å²) in [6.45, 7) is 3.86. The Balaban J connectivity index is 1.66. The van der Waals surface area contributed by atoms with Crippen LogP contribution in [0.1, 0.15) is 16.8 Å². The Bertz CT molecular complexity index is 810. The van der Waals surface area contributed by atoms with Crippen LogP contribution >= 0.6 is 0 Å². The minimum atomic E-state index is -0.171. The average Bonchev–Trinajstić information content (AvgIpc) is 2.86. The topological polar surface area (TPSA) is 41.6 Å². The summed E-state index contributed by atoms with van der Waals surface area (Å²) in [5.74, 6) is 0.706. The fourth-order valence-corrected chi connectivity index (χ4v) is 2.99. The fraction of sp³-hybridized carbons (Fsp3) is 0.263. The molecule has 0 aliphatic rings. The lowest BCUT2D eigenvalue weighted by Crippen LogP contribution is -2.83. The molecule has 2 aromatic carbocycles. The van der Waals surface area contributed by atoms with Crippen molar-refractivity contribution in [1.82, 2.24) is 4.98 Å². The van der Waals surface area contributed by atoms with Gasteiger partial charge < -0.3 is 15.0 Å². The Morgan fingerprint density at radius 1 is 1.17 bits per heavy atom. The first-order valence-electron chi connectivity index (χ1n) is 7.88. The van der Waals surface area contributed by atoms with Crippen LogP contribution in [0.5, 0.6) is 5.75 Å². The molecule has 23 heavy (non-hydrogen) atoms. The molecule has 0 saturated carbocycles. The molecule has 0 amide bonds. The smallest absolute Gasteiger partial charge is 0.123 e. The van der Waals surface area contributed by atoms with Crippen LogP contribution in [0.15, 0.2) is 42.5 Å². The van der Waals surface area contributed by atoms with Crippen molar-refractivity contribution in [2.75, 3.05) is 13.7 Å². The number of fused-ring (bicyclic) bond motifs is 1. The minimum absolute atomic E-state index is 0.171. The molecule has 0 spiro atoms. The summed E-state index contributed by atoms with van der Waals surface area (Å²) < 4.78 is 18.5. The average molecular weight is 313 g/mol. The van der Waals surface area contributed by atoms with Crippen molar-refractivity contribution in [2.24, 2.45) is 0 Å². The Morgan fingerprint density at radius 2 is 2.04 bits per heavy atom. The largest absolute Gasteiger partial charge is 0.497 e. The summed E-state index contributed by atoms with van der Waals surface area (Å²) in [7, 11) is 1.69. The van der Waals surface area contributed by atoms with Gasteiger partial charge >= 0.3 is 0 Å². The molecule has 0 atom stereocenters. The van der Waals surface area contributed by atoms with Crippen LogP contribution in [-0.4, -0.2) is 18.6 Å². The van der Waals surface area contributed by atoms with Crippen molar-refractivity contribution in [2.45, 2.75) is 19.9 Å². The van der Waals surface area contributed by atoms with Gasteiger partial charge in [-0.3, -0.25) is 0 Å². The van der Waals surface area contributed by atoms with Gasteiger partial charge in [-0.15, -0.1) is 0 Å². The number of H-pyrrole nitrogens is 1. The van der Waals surface area contributed by atoms with E-state index in [9.17, 15) is 4.39 Å². The van der Waals surface area contributed by atoms with E-state index in [2.05, 4.69) is 29.4 Å². The third-order valence-corrected chi connectivity index (χ3v) is 4.19. The van der Waals surface area contributed by atoms with Crippen molar-refractivity contribution < 1.29 is 14.4 Å². The standard InChI is InChI=1S/C19H21FN2O/c1-13-17(18-11-16(23-2)6-7-19(18)22-13)8-9-21-12-14-4-3-5-15(20)10-14/h3-7,10-11,21-22H,8-9,12H2,1-2H3/p+1. The number of methoxy groups -OCH3 is 1. The maximum absolute atomic E-state index is 13.2. The van der Waals surface area contributed by atoms with Gasteiger partial charge in [0.25, 0.3) is 0 Å². The highest BCUT2D eigenvalue weighted by Crippen LogP contribution is 2.26. The molecule has 0 aliphatic carbocycles. The highest BCUT2D eigenvalue weighted by molar-refractivity contribution is 5.86. The zero-order valence-corrected chi connectivity index (χ0v) is 13.5. The molecule has 0 radical (unpaired) electrons. The van der Waals surface area contributed by atoms with Gasteiger partial charge in [-0.25, -0.2) is 4.39 Å². The molecule has 0 aliphatic heterocycles. The molecule has 0 bridgehead atoms. The Morgan fingerprint density at radius 3 is 2.83 bits per heavy atom. The van der Waals surface area contributed by atoms with Crippen molar-refractivity contribution in [3.63, 3.8) is 0 Å². The van der Waals surface area contributed by atoms with E-state index >= 15 is 0 Å². The third kappa shape index (κ3) is 3.54. The summed E-state index contributed by atoms with van der Waals surface area (Å²) in [4.78, 5) is 3.43. The van der Waals surface area contributed by atoms with Gasteiger partial charge in [-0.2, -0.15) is 0 Å². The van der Waals surface area contributed by atoms with Crippen molar-refractivity contribution >= 4 is 10.9 Å². The summed E-state index contributed by atoms with van der Waals surface area (Å²) in [6, 6.07) is 12.9. The summed E-state index contributed by atoms with van der Waals surface area (Å²) >= 11 is 0. The number of halogens is 1. The summed E-state index contributed by atoms with van der Waals surface area (Å²) in [5, 5.41) is 3.44. The Labute approximate surface area is 135 Å². The van der Waals surface area contributed by atoms with E-state index in [-0.39, 0.29) is 5.82 Å². The van der Waals surface area contributed by atoms with Crippen molar-refractivity contribution in [1.29, 1.82) is 0 Å². The first-order chi connectivity index (χ1) is 11.2. The minimum Gasteiger partial charge on any atom is -0.497 e. The third-order valence-electron chi connectivity index (χ3n) is 4.19. The van der Waals surface area contributed by atoms with Gasteiger partial charge in [0.05, 0.1) is 13.7 Å². The number of nitrogens with one attached hydrogen (secondary N) is 1. The van der Waals surface area contributed by atoms with Gasteiger partial charge in [0, 0.05) is 28.6 Å².